The molecule has 0 amide bonds. The maximum absolute atomic E-state index is 5.78. The number of halogens is 1. The van der Waals surface area contributed by atoms with E-state index in [1.165, 1.54) is 0 Å². The van der Waals surface area contributed by atoms with Gasteiger partial charge in [-0.15, -0.1) is 10.2 Å². The quantitative estimate of drug-likeness (QED) is 0.638. The third-order valence-electron chi connectivity index (χ3n) is 1.51. The molecule has 2 rings (SSSR count). The van der Waals surface area contributed by atoms with Crippen molar-refractivity contribution in [3.63, 3.8) is 0 Å². The van der Waals surface area contributed by atoms with Gasteiger partial charge in [-0.3, -0.25) is 0 Å². The van der Waals surface area contributed by atoms with E-state index in [0.29, 0.717) is 5.02 Å². The molecule has 0 bridgehead atoms. The predicted octanol–water partition coefficient (Wildman–Crippen LogP) is 3.17. The van der Waals surface area contributed by atoms with Gasteiger partial charge >= 0.3 is 0 Å². The molecule has 0 radical (unpaired) electrons. The fourth-order valence-corrected chi connectivity index (χ4v) is 1.17. The van der Waals surface area contributed by atoms with E-state index in [-0.39, 0.29) is 6.17 Å². The molecule has 0 N–H and O–H groups in total. The zero-order valence-corrected chi connectivity index (χ0v) is 6.81. The number of rotatable bonds is 1. The summed E-state index contributed by atoms with van der Waals surface area (Å²) >= 11 is 5.78. The molecule has 1 aromatic rings. The van der Waals surface area contributed by atoms with Crippen molar-refractivity contribution in [1.29, 1.82) is 0 Å². The molecule has 0 atom stereocenters. The lowest BCUT2D eigenvalue weighted by Gasteiger charge is -2.00. The monoisotopic (exact) mass is 180 g/mol. The number of benzene rings is 1. The predicted molar refractivity (Wildman–Crippen MR) is 43.9 cm³/mol. The number of hydrogen-bond donors (Lipinski definition) is 0. The second-order valence-corrected chi connectivity index (χ2v) is 2.77. The Morgan fingerprint density at radius 3 is 2.58 bits per heavy atom. The first-order valence-corrected chi connectivity index (χ1v) is 3.79. The van der Waals surface area contributed by atoms with Crippen molar-refractivity contribution in [2.24, 2.45) is 20.7 Å². The lowest BCUT2D eigenvalue weighted by molar-refractivity contribution is 0.765. The van der Waals surface area contributed by atoms with Crippen molar-refractivity contribution >= 4 is 11.6 Å². The highest BCUT2D eigenvalue weighted by Crippen LogP contribution is 2.25. The molecule has 1 aliphatic rings. The molecule has 4 nitrogen and oxygen atoms in total. The van der Waals surface area contributed by atoms with E-state index in [9.17, 15) is 0 Å². The van der Waals surface area contributed by atoms with E-state index in [1.807, 2.05) is 12.1 Å². The van der Waals surface area contributed by atoms with Crippen LogP contribution in [0.5, 0.6) is 0 Å². The molecule has 12 heavy (non-hydrogen) atoms. The zero-order chi connectivity index (χ0) is 8.39. The molecule has 5 heteroatoms. The highest BCUT2D eigenvalue weighted by Gasteiger charge is 2.11. The van der Waals surface area contributed by atoms with Gasteiger partial charge in [-0.05, 0) is 22.6 Å². The summed E-state index contributed by atoms with van der Waals surface area (Å²) in [7, 11) is 0. The van der Waals surface area contributed by atoms with E-state index in [0.717, 1.165) is 5.56 Å². The summed E-state index contributed by atoms with van der Waals surface area (Å²) in [5.74, 6) is 0. The topological polar surface area (TPSA) is 49.4 Å². The van der Waals surface area contributed by atoms with Gasteiger partial charge in [0, 0.05) is 10.6 Å². The van der Waals surface area contributed by atoms with Crippen LogP contribution in [0.15, 0.2) is 44.9 Å². The van der Waals surface area contributed by atoms with E-state index >= 15 is 0 Å². The highest BCUT2D eigenvalue weighted by atomic mass is 35.5. The molecule has 0 fully saturated rings. The lowest BCUT2D eigenvalue weighted by Crippen LogP contribution is -1.86. The number of hydrogen-bond acceptors (Lipinski definition) is 4. The maximum Gasteiger partial charge on any atom is 0.210 e. The van der Waals surface area contributed by atoms with Crippen LogP contribution in [0, 0.1) is 0 Å². The van der Waals surface area contributed by atoms with Gasteiger partial charge in [0.05, 0.1) is 0 Å². The van der Waals surface area contributed by atoms with Crippen LogP contribution in [0.4, 0.5) is 0 Å². The fourth-order valence-electron chi connectivity index (χ4n) is 0.968. The van der Waals surface area contributed by atoms with Crippen molar-refractivity contribution < 1.29 is 0 Å². The van der Waals surface area contributed by atoms with Crippen LogP contribution in [0.1, 0.15) is 11.7 Å². The van der Waals surface area contributed by atoms with Gasteiger partial charge in [-0.1, -0.05) is 23.7 Å². The average molecular weight is 181 g/mol. The van der Waals surface area contributed by atoms with Crippen LogP contribution >= 0.6 is 11.6 Å². The maximum atomic E-state index is 5.78. The summed E-state index contributed by atoms with van der Waals surface area (Å²) in [6.45, 7) is 0. The lowest BCUT2D eigenvalue weighted by atomic mass is 10.2. The first-order valence-electron chi connectivity index (χ1n) is 3.42. The Hall–Kier alpha value is -1.29. The summed E-state index contributed by atoms with van der Waals surface area (Å²) in [6, 6.07) is 7.34. The molecule has 0 saturated carbocycles. The Balaban J connectivity index is 2.34. The minimum Gasteiger partial charge on any atom is -0.133 e. The second kappa shape index (κ2) is 2.98. The van der Waals surface area contributed by atoms with Crippen LogP contribution < -0.4 is 0 Å². The minimum atomic E-state index is -0.302. The molecule has 0 spiro atoms. The summed E-state index contributed by atoms with van der Waals surface area (Å²) in [5.41, 5.74) is 0.910. The fraction of sp³-hybridized carbons (Fsp3) is 0.143. The first-order chi connectivity index (χ1) is 5.86. The molecule has 60 valence electrons. The summed E-state index contributed by atoms with van der Waals surface area (Å²) in [5, 5.41) is 15.1. The molecule has 0 aromatic heterocycles. The largest absolute Gasteiger partial charge is 0.210 e. The molecular weight excluding hydrogens is 176 g/mol. The smallest absolute Gasteiger partial charge is 0.133 e. The molecule has 0 aliphatic carbocycles. The van der Waals surface area contributed by atoms with E-state index in [1.54, 1.807) is 12.1 Å². The molecule has 0 saturated heterocycles. The Labute approximate surface area is 74.0 Å². The summed E-state index contributed by atoms with van der Waals surface area (Å²) in [6.07, 6.45) is -0.302. The van der Waals surface area contributed by atoms with Crippen LogP contribution in [0.3, 0.4) is 0 Å². The van der Waals surface area contributed by atoms with E-state index in [2.05, 4.69) is 20.7 Å². The Kier molecular flexibility index (Phi) is 1.83. The molecule has 0 unspecified atom stereocenters. The van der Waals surface area contributed by atoms with Gasteiger partial charge in [0.25, 0.3) is 0 Å². The normalized spacial score (nSPS) is 15.8. The second-order valence-electron chi connectivity index (χ2n) is 2.34. The van der Waals surface area contributed by atoms with Crippen molar-refractivity contribution in [2.45, 2.75) is 6.17 Å². The third-order valence-corrected chi connectivity index (χ3v) is 1.74. The van der Waals surface area contributed by atoms with Gasteiger partial charge in [0.15, 0.2) is 0 Å². The highest BCUT2D eigenvalue weighted by molar-refractivity contribution is 6.30. The average Bonchev–Trinajstić information content (AvgIpc) is 2.56. The van der Waals surface area contributed by atoms with Gasteiger partial charge < -0.3 is 0 Å². The zero-order valence-electron chi connectivity index (χ0n) is 6.05. The van der Waals surface area contributed by atoms with Gasteiger partial charge in [-0.25, -0.2) is 0 Å². The minimum absolute atomic E-state index is 0.302. The van der Waals surface area contributed by atoms with Gasteiger partial charge in [0.2, 0.25) is 6.17 Å². The van der Waals surface area contributed by atoms with Crippen molar-refractivity contribution in [3.8, 4) is 0 Å². The standard InChI is InChI=1S/C7H5ClN4/c8-6-3-1-2-5(4-6)7-9-11-12-10-7/h1-4,7H. The third kappa shape index (κ3) is 1.33. The number of nitrogens with zero attached hydrogens (tertiary/aromatic N) is 4. The van der Waals surface area contributed by atoms with Crippen LogP contribution in [0.2, 0.25) is 5.02 Å². The van der Waals surface area contributed by atoms with Gasteiger partial charge in [0.1, 0.15) is 0 Å². The Morgan fingerprint density at radius 1 is 1.17 bits per heavy atom. The molecule has 1 aromatic carbocycles. The summed E-state index contributed by atoms with van der Waals surface area (Å²) in [4.78, 5) is 0. The molecular formula is C7H5ClN4. The van der Waals surface area contributed by atoms with Crippen LogP contribution in [-0.2, 0) is 0 Å². The van der Waals surface area contributed by atoms with E-state index < -0.39 is 0 Å². The molecule has 1 heterocycles. The van der Waals surface area contributed by atoms with Crippen molar-refractivity contribution in [3.05, 3.63) is 34.9 Å². The van der Waals surface area contributed by atoms with Crippen molar-refractivity contribution in [1.82, 2.24) is 0 Å². The van der Waals surface area contributed by atoms with E-state index in [4.69, 9.17) is 11.6 Å². The van der Waals surface area contributed by atoms with Crippen LogP contribution in [0.25, 0.3) is 0 Å². The first kappa shape index (κ1) is 7.36. The van der Waals surface area contributed by atoms with Gasteiger partial charge in [-0.2, -0.15) is 0 Å². The van der Waals surface area contributed by atoms with Crippen LogP contribution in [-0.4, -0.2) is 0 Å². The van der Waals surface area contributed by atoms with Crippen molar-refractivity contribution in [2.75, 3.05) is 0 Å². The Bertz CT molecular complexity index is 335. The molecule has 1 aliphatic heterocycles. The summed E-state index contributed by atoms with van der Waals surface area (Å²) < 4.78 is 0. The SMILES string of the molecule is Clc1cccc(C2N=NN=N2)c1. The Morgan fingerprint density at radius 2 is 1.92 bits per heavy atom.